The van der Waals surface area contributed by atoms with Gasteiger partial charge in [-0.2, -0.15) is 25.1 Å². The van der Waals surface area contributed by atoms with Gasteiger partial charge in [0.1, 0.15) is 0 Å². The highest BCUT2D eigenvalue weighted by Gasteiger charge is 2.08. The van der Waals surface area contributed by atoms with Crippen molar-refractivity contribution in [1.29, 1.82) is 0 Å². The number of H-pyrrole nitrogens is 1. The summed E-state index contributed by atoms with van der Waals surface area (Å²) in [7, 11) is 0. The number of aromatic nitrogens is 7. The van der Waals surface area contributed by atoms with Crippen molar-refractivity contribution >= 4 is 17.5 Å². The molecular weight excluding hydrogens is 280 g/mol. The zero-order valence-corrected chi connectivity index (χ0v) is 11.3. The minimum Gasteiger partial charge on any atom is -0.350 e. The van der Waals surface area contributed by atoms with Crippen molar-refractivity contribution in [2.24, 2.45) is 0 Å². The quantitative estimate of drug-likeness (QED) is 0.753. The van der Waals surface area contributed by atoms with Gasteiger partial charge < -0.3 is 5.32 Å². The number of anilines is 1. The van der Waals surface area contributed by atoms with Crippen molar-refractivity contribution < 1.29 is 0 Å². The third-order valence-corrected chi connectivity index (χ3v) is 2.85. The molecule has 0 bridgehead atoms. The molecule has 0 aliphatic heterocycles. The summed E-state index contributed by atoms with van der Waals surface area (Å²) in [6.45, 7) is 2.49. The first-order valence-corrected chi connectivity index (χ1v) is 6.24. The van der Waals surface area contributed by atoms with E-state index in [9.17, 15) is 0 Å². The first kappa shape index (κ1) is 12.5. The predicted molar refractivity (Wildman–Crippen MR) is 72.6 cm³/mol. The van der Waals surface area contributed by atoms with Gasteiger partial charge in [-0.05, 0) is 24.6 Å². The summed E-state index contributed by atoms with van der Waals surface area (Å²) >= 11 is 5.90. The summed E-state index contributed by atoms with van der Waals surface area (Å²) in [6.07, 6.45) is 5.12. The van der Waals surface area contributed by atoms with E-state index in [1.807, 2.05) is 6.92 Å². The van der Waals surface area contributed by atoms with Gasteiger partial charge in [0.25, 0.3) is 5.95 Å². The van der Waals surface area contributed by atoms with E-state index in [0.29, 0.717) is 18.4 Å². The minimum atomic E-state index is 0.108. The number of nitrogens with one attached hydrogen (secondary N) is 2. The Kier molecular flexibility index (Phi) is 3.30. The summed E-state index contributed by atoms with van der Waals surface area (Å²) in [4.78, 5) is 12.3. The Morgan fingerprint density at radius 2 is 2.25 bits per heavy atom. The number of rotatable bonds is 4. The monoisotopic (exact) mass is 290 g/mol. The lowest BCUT2D eigenvalue weighted by molar-refractivity contribution is 0.794. The average molecular weight is 291 g/mol. The number of hydrogen-bond donors (Lipinski definition) is 2. The van der Waals surface area contributed by atoms with Crippen LogP contribution in [0.1, 0.15) is 11.3 Å². The van der Waals surface area contributed by atoms with Gasteiger partial charge >= 0.3 is 0 Å². The average Bonchev–Trinajstić information content (AvgIpc) is 3.07. The smallest absolute Gasteiger partial charge is 0.256 e. The Hall–Kier alpha value is -2.48. The van der Waals surface area contributed by atoms with E-state index in [1.54, 1.807) is 24.7 Å². The van der Waals surface area contributed by atoms with Crippen LogP contribution in [0.4, 0.5) is 5.95 Å². The van der Waals surface area contributed by atoms with Gasteiger partial charge in [-0.1, -0.05) is 0 Å². The molecule has 0 spiro atoms. The molecule has 102 valence electrons. The van der Waals surface area contributed by atoms with Gasteiger partial charge in [0.2, 0.25) is 11.2 Å². The van der Waals surface area contributed by atoms with Gasteiger partial charge in [0.15, 0.2) is 0 Å². The van der Waals surface area contributed by atoms with E-state index in [0.717, 1.165) is 11.3 Å². The molecule has 0 fully saturated rings. The standard InChI is InChI=1S/C11H11ClN8/c1-7-8(6-14-19-7)5-13-10-16-9(12)17-11(18-10)20-4-2-3-15-20/h2-4,6H,5H2,1H3,(H,14,19)(H,13,16,17,18). The molecule has 2 N–H and O–H groups in total. The second-order valence-corrected chi connectivity index (χ2v) is 4.39. The Morgan fingerprint density at radius 1 is 1.35 bits per heavy atom. The molecule has 0 radical (unpaired) electrons. The molecule has 3 heterocycles. The van der Waals surface area contributed by atoms with Gasteiger partial charge in [-0.3, -0.25) is 5.10 Å². The second-order valence-electron chi connectivity index (χ2n) is 4.05. The maximum Gasteiger partial charge on any atom is 0.256 e. The first-order valence-electron chi connectivity index (χ1n) is 5.86. The molecule has 3 rings (SSSR count). The molecule has 9 heteroatoms. The third-order valence-electron chi connectivity index (χ3n) is 2.68. The molecule has 20 heavy (non-hydrogen) atoms. The van der Waals surface area contributed by atoms with Crippen molar-refractivity contribution in [1.82, 2.24) is 34.9 Å². The van der Waals surface area contributed by atoms with Crippen LogP contribution in [0.3, 0.4) is 0 Å². The van der Waals surface area contributed by atoms with E-state index in [1.165, 1.54) is 4.68 Å². The first-order chi connectivity index (χ1) is 9.72. The molecule has 0 atom stereocenters. The van der Waals surface area contributed by atoms with Crippen LogP contribution in [0.2, 0.25) is 5.28 Å². The lowest BCUT2D eigenvalue weighted by Crippen LogP contribution is -2.09. The third kappa shape index (κ3) is 2.59. The lowest BCUT2D eigenvalue weighted by Gasteiger charge is -2.06. The SMILES string of the molecule is Cc1[nH]ncc1CNc1nc(Cl)nc(-n2cccn2)n1. The number of hydrogen-bond acceptors (Lipinski definition) is 6. The van der Waals surface area contributed by atoms with Crippen molar-refractivity contribution in [2.45, 2.75) is 13.5 Å². The fourth-order valence-corrected chi connectivity index (χ4v) is 1.79. The highest BCUT2D eigenvalue weighted by Crippen LogP contribution is 2.11. The zero-order valence-electron chi connectivity index (χ0n) is 10.6. The molecule has 0 aliphatic rings. The van der Waals surface area contributed by atoms with Crippen LogP contribution in [0, 0.1) is 6.92 Å². The maximum atomic E-state index is 5.90. The lowest BCUT2D eigenvalue weighted by atomic mass is 10.3. The molecule has 0 aliphatic carbocycles. The van der Waals surface area contributed by atoms with Crippen LogP contribution in [-0.4, -0.2) is 34.9 Å². The molecule has 8 nitrogen and oxygen atoms in total. The highest BCUT2D eigenvalue weighted by molar-refractivity contribution is 6.28. The molecule has 3 aromatic heterocycles. The van der Waals surface area contributed by atoms with Crippen LogP contribution < -0.4 is 5.32 Å². The maximum absolute atomic E-state index is 5.90. The predicted octanol–water partition coefficient (Wildman–Crippen LogP) is 1.35. The largest absolute Gasteiger partial charge is 0.350 e. The fourth-order valence-electron chi connectivity index (χ4n) is 1.64. The van der Waals surface area contributed by atoms with E-state index in [2.05, 4.69) is 35.6 Å². The summed E-state index contributed by atoms with van der Waals surface area (Å²) in [5.74, 6) is 0.748. The van der Waals surface area contributed by atoms with Gasteiger partial charge in [0, 0.05) is 30.2 Å². The molecule has 0 aromatic carbocycles. The van der Waals surface area contributed by atoms with Crippen LogP contribution in [0.5, 0.6) is 0 Å². The van der Waals surface area contributed by atoms with Crippen molar-refractivity contribution in [3.63, 3.8) is 0 Å². The van der Waals surface area contributed by atoms with E-state index < -0.39 is 0 Å². The van der Waals surface area contributed by atoms with Crippen molar-refractivity contribution in [2.75, 3.05) is 5.32 Å². The molecule has 0 saturated heterocycles. The Labute approximate surface area is 119 Å². The van der Waals surface area contributed by atoms with Crippen LogP contribution in [0.25, 0.3) is 5.95 Å². The van der Waals surface area contributed by atoms with E-state index in [-0.39, 0.29) is 5.28 Å². The zero-order chi connectivity index (χ0) is 13.9. The minimum absolute atomic E-state index is 0.108. The molecule has 0 unspecified atom stereocenters. The molecule has 0 amide bonds. The van der Waals surface area contributed by atoms with Crippen molar-refractivity contribution in [3.8, 4) is 5.95 Å². The normalized spacial score (nSPS) is 10.7. The molecular formula is C11H11ClN8. The number of nitrogens with zero attached hydrogens (tertiary/aromatic N) is 6. The molecule has 0 saturated carbocycles. The van der Waals surface area contributed by atoms with Crippen LogP contribution in [0.15, 0.2) is 24.7 Å². The summed E-state index contributed by atoms with van der Waals surface area (Å²) in [5, 5.41) is 14.1. The highest BCUT2D eigenvalue weighted by atomic mass is 35.5. The van der Waals surface area contributed by atoms with Gasteiger partial charge in [0.05, 0.1) is 6.20 Å². The van der Waals surface area contributed by atoms with E-state index in [4.69, 9.17) is 11.6 Å². The number of aromatic amines is 1. The Morgan fingerprint density at radius 3 is 2.95 bits per heavy atom. The number of halogens is 1. The van der Waals surface area contributed by atoms with Crippen LogP contribution >= 0.6 is 11.6 Å². The Balaban J connectivity index is 1.81. The van der Waals surface area contributed by atoms with Crippen LogP contribution in [-0.2, 0) is 6.54 Å². The van der Waals surface area contributed by atoms with Gasteiger partial charge in [-0.15, -0.1) is 0 Å². The second kappa shape index (κ2) is 5.25. The van der Waals surface area contributed by atoms with E-state index >= 15 is 0 Å². The summed E-state index contributed by atoms with van der Waals surface area (Å²) in [6, 6.07) is 1.78. The Bertz CT molecular complexity index is 705. The fraction of sp³-hybridized carbons (Fsp3) is 0.182. The van der Waals surface area contributed by atoms with Gasteiger partial charge in [-0.25, -0.2) is 4.68 Å². The molecule has 3 aromatic rings. The van der Waals surface area contributed by atoms with Crippen molar-refractivity contribution in [3.05, 3.63) is 41.2 Å². The number of aryl methyl sites for hydroxylation is 1. The summed E-state index contributed by atoms with van der Waals surface area (Å²) < 4.78 is 1.52. The summed E-state index contributed by atoms with van der Waals surface area (Å²) in [5.41, 5.74) is 2.02. The topological polar surface area (TPSA) is 97.2 Å².